The molecule has 0 bridgehead atoms. The number of carbonyl (C=O) groups excluding carboxylic acids is 1. The molecule has 0 radical (unpaired) electrons. The summed E-state index contributed by atoms with van der Waals surface area (Å²) < 4.78 is 11.0. The van der Waals surface area contributed by atoms with Crippen LogP contribution >= 0.6 is 0 Å². The lowest BCUT2D eigenvalue weighted by Crippen LogP contribution is -2.46. The molecule has 0 aliphatic carbocycles. The summed E-state index contributed by atoms with van der Waals surface area (Å²) in [5.74, 6) is -1.28. The van der Waals surface area contributed by atoms with Gasteiger partial charge in [0.05, 0.1) is 0 Å². The quantitative estimate of drug-likeness (QED) is 0.551. The standard InChI is InChI=1S/C23H23NO6/c1-3-7-19(23(27)28)24-22(26)14(2)29-16-10-11-17-18(15-8-5-4-6-9-15)13-21(25)30-20(17)12-16/h4-6,8-14,19H,3,7H2,1-2H3,(H,24,26)(H,27,28)/t14-,19-/m1/s1. The fourth-order valence-corrected chi connectivity index (χ4v) is 3.17. The number of hydrogen-bond donors (Lipinski definition) is 2. The lowest BCUT2D eigenvalue weighted by atomic mass is 10.0. The highest BCUT2D eigenvalue weighted by Crippen LogP contribution is 2.29. The van der Waals surface area contributed by atoms with Crippen LogP contribution in [0.1, 0.15) is 26.7 Å². The van der Waals surface area contributed by atoms with Crippen LogP contribution < -0.4 is 15.7 Å². The van der Waals surface area contributed by atoms with E-state index in [-0.39, 0.29) is 0 Å². The molecule has 2 aromatic carbocycles. The third kappa shape index (κ3) is 4.86. The highest BCUT2D eigenvalue weighted by molar-refractivity contribution is 5.94. The third-order valence-electron chi connectivity index (χ3n) is 4.67. The molecular weight excluding hydrogens is 386 g/mol. The molecule has 1 heterocycles. The van der Waals surface area contributed by atoms with Crippen molar-refractivity contribution in [2.45, 2.75) is 38.8 Å². The van der Waals surface area contributed by atoms with Crippen LogP contribution in [0, 0.1) is 0 Å². The fourth-order valence-electron chi connectivity index (χ4n) is 3.17. The van der Waals surface area contributed by atoms with Gasteiger partial charge in [-0.2, -0.15) is 0 Å². The number of rotatable bonds is 8. The first-order valence-corrected chi connectivity index (χ1v) is 9.72. The van der Waals surface area contributed by atoms with E-state index in [0.29, 0.717) is 24.2 Å². The predicted molar refractivity (Wildman–Crippen MR) is 112 cm³/mol. The van der Waals surface area contributed by atoms with Gasteiger partial charge in [0.2, 0.25) is 0 Å². The fraction of sp³-hybridized carbons (Fsp3) is 0.261. The molecule has 2 atom stereocenters. The number of benzene rings is 2. The average Bonchev–Trinajstić information content (AvgIpc) is 2.73. The highest BCUT2D eigenvalue weighted by Gasteiger charge is 2.23. The number of carboxylic acid groups (broad SMARTS) is 1. The van der Waals surface area contributed by atoms with Crippen LogP contribution in [0.3, 0.4) is 0 Å². The summed E-state index contributed by atoms with van der Waals surface area (Å²) in [5, 5.41) is 12.4. The third-order valence-corrected chi connectivity index (χ3v) is 4.67. The summed E-state index contributed by atoms with van der Waals surface area (Å²) in [5.41, 5.74) is 1.46. The molecule has 3 aromatic rings. The first-order chi connectivity index (χ1) is 14.4. The molecule has 0 saturated carbocycles. The average molecular weight is 409 g/mol. The van der Waals surface area contributed by atoms with E-state index in [2.05, 4.69) is 5.32 Å². The number of carboxylic acids is 1. The van der Waals surface area contributed by atoms with Crippen LogP contribution in [-0.4, -0.2) is 29.1 Å². The van der Waals surface area contributed by atoms with Crippen molar-refractivity contribution in [3.63, 3.8) is 0 Å². The molecule has 0 aliphatic heterocycles. The number of ether oxygens (including phenoxy) is 1. The molecule has 0 saturated heterocycles. The molecule has 0 spiro atoms. The number of aliphatic carboxylic acids is 1. The molecule has 7 heteroatoms. The van der Waals surface area contributed by atoms with E-state index in [1.807, 2.05) is 37.3 Å². The van der Waals surface area contributed by atoms with Gasteiger partial charge >= 0.3 is 11.6 Å². The lowest BCUT2D eigenvalue weighted by molar-refractivity contribution is -0.143. The molecule has 1 amide bonds. The van der Waals surface area contributed by atoms with Crippen LogP contribution in [0.5, 0.6) is 5.75 Å². The van der Waals surface area contributed by atoms with E-state index < -0.39 is 29.6 Å². The Morgan fingerprint density at radius 3 is 2.53 bits per heavy atom. The zero-order valence-corrected chi connectivity index (χ0v) is 16.8. The summed E-state index contributed by atoms with van der Waals surface area (Å²) in [4.78, 5) is 35.6. The van der Waals surface area contributed by atoms with Gasteiger partial charge in [-0.1, -0.05) is 43.7 Å². The molecule has 0 unspecified atom stereocenters. The van der Waals surface area contributed by atoms with Crippen molar-refractivity contribution in [2.24, 2.45) is 0 Å². The normalized spacial score (nSPS) is 12.9. The van der Waals surface area contributed by atoms with Gasteiger partial charge in [-0.3, -0.25) is 4.79 Å². The van der Waals surface area contributed by atoms with Crippen molar-refractivity contribution in [1.29, 1.82) is 0 Å². The number of nitrogens with one attached hydrogen (secondary N) is 1. The number of carbonyl (C=O) groups is 2. The Labute approximate surface area is 173 Å². The zero-order chi connectivity index (χ0) is 21.7. The van der Waals surface area contributed by atoms with Crippen LogP contribution in [0.25, 0.3) is 22.1 Å². The second-order valence-corrected chi connectivity index (χ2v) is 6.95. The molecule has 30 heavy (non-hydrogen) atoms. The molecule has 2 N–H and O–H groups in total. The molecular formula is C23H23NO6. The van der Waals surface area contributed by atoms with Gasteiger partial charge in [0.1, 0.15) is 17.4 Å². The number of amides is 1. The van der Waals surface area contributed by atoms with Crippen molar-refractivity contribution < 1.29 is 23.8 Å². The Morgan fingerprint density at radius 2 is 1.87 bits per heavy atom. The van der Waals surface area contributed by atoms with Gasteiger partial charge in [0.15, 0.2) is 6.10 Å². The van der Waals surface area contributed by atoms with Gasteiger partial charge in [-0.05, 0) is 36.6 Å². The van der Waals surface area contributed by atoms with Crippen molar-refractivity contribution >= 4 is 22.8 Å². The molecule has 0 fully saturated rings. The molecule has 0 aliphatic rings. The van der Waals surface area contributed by atoms with E-state index in [0.717, 1.165) is 16.5 Å². The maximum Gasteiger partial charge on any atom is 0.336 e. The van der Waals surface area contributed by atoms with Crippen molar-refractivity contribution in [2.75, 3.05) is 0 Å². The zero-order valence-electron chi connectivity index (χ0n) is 16.8. The Kier molecular flexibility index (Phi) is 6.51. The first kappa shape index (κ1) is 21.1. The van der Waals surface area contributed by atoms with E-state index in [1.54, 1.807) is 18.2 Å². The summed E-state index contributed by atoms with van der Waals surface area (Å²) in [6.45, 7) is 3.37. The Balaban J connectivity index is 1.83. The van der Waals surface area contributed by atoms with Crippen molar-refractivity contribution in [1.82, 2.24) is 5.32 Å². The predicted octanol–water partition coefficient (Wildman–Crippen LogP) is 3.60. The Bertz CT molecular complexity index is 1110. The van der Waals surface area contributed by atoms with Crippen molar-refractivity contribution in [3.05, 3.63) is 65.0 Å². The summed E-state index contributed by atoms with van der Waals surface area (Å²) >= 11 is 0. The second-order valence-electron chi connectivity index (χ2n) is 6.95. The van der Waals surface area contributed by atoms with Crippen LogP contribution in [-0.2, 0) is 9.59 Å². The molecule has 3 rings (SSSR count). The summed E-state index contributed by atoms with van der Waals surface area (Å²) in [6.07, 6.45) is 0.0297. The Morgan fingerprint density at radius 1 is 1.13 bits per heavy atom. The summed E-state index contributed by atoms with van der Waals surface area (Å²) in [6, 6.07) is 14.9. The van der Waals surface area contributed by atoms with Gasteiger partial charge in [0.25, 0.3) is 5.91 Å². The maximum absolute atomic E-state index is 12.3. The van der Waals surface area contributed by atoms with Crippen LogP contribution in [0.2, 0.25) is 0 Å². The first-order valence-electron chi connectivity index (χ1n) is 9.72. The number of fused-ring (bicyclic) bond motifs is 1. The maximum atomic E-state index is 12.3. The van der Waals surface area contributed by atoms with E-state index in [9.17, 15) is 19.5 Å². The SMILES string of the molecule is CCC[C@@H](NC(=O)[C@@H](C)Oc1ccc2c(-c3ccccc3)cc(=O)oc2c1)C(=O)O. The minimum atomic E-state index is -1.08. The van der Waals surface area contributed by atoms with Gasteiger partial charge in [-0.15, -0.1) is 0 Å². The minimum Gasteiger partial charge on any atom is -0.481 e. The van der Waals surface area contributed by atoms with E-state index in [4.69, 9.17) is 9.15 Å². The molecule has 7 nitrogen and oxygen atoms in total. The van der Waals surface area contributed by atoms with E-state index >= 15 is 0 Å². The largest absolute Gasteiger partial charge is 0.481 e. The van der Waals surface area contributed by atoms with Crippen LogP contribution in [0.4, 0.5) is 0 Å². The monoisotopic (exact) mass is 409 g/mol. The second kappa shape index (κ2) is 9.26. The topological polar surface area (TPSA) is 106 Å². The minimum absolute atomic E-state index is 0.331. The van der Waals surface area contributed by atoms with Crippen molar-refractivity contribution in [3.8, 4) is 16.9 Å². The highest BCUT2D eigenvalue weighted by atomic mass is 16.5. The van der Waals surface area contributed by atoms with Gasteiger partial charge in [0, 0.05) is 17.5 Å². The lowest BCUT2D eigenvalue weighted by Gasteiger charge is -2.18. The number of hydrogen-bond acceptors (Lipinski definition) is 5. The van der Waals surface area contributed by atoms with Crippen LogP contribution in [0.15, 0.2) is 63.8 Å². The van der Waals surface area contributed by atoms with Gasteiger partial charge in [-0.25, -0.2) is 9.59 Å². The van der Waals surface area contributed by atoms with Gasteiger partial charge < -0.3 is 19.6 Å². The molecule has 156 valence electrons. The summed E-state index contributed by atoms with van der Waals surface area (Å²) in [7, 11) is 0. The molecule has 1 aromatic heterocycles. The van der Waals surface area contributed by atoms with E-state index in [1.165, 1.54) is 13.0 Å². The smallest absolute Gasteiger partial charge is 0.336 e. The Hall–Kier alpha value is -3.61.